The minimum Gasteiger partial charge on any atom is -0.487 e. The number of nitrogens with one attached hydrogen (secondary N) is 1. The second-order valence-corrected chi connectivity index (χ2v) is 5.03. The lowest BCUT2D eigenvalue weighted by Gasteiger charge is -2.07. The average molecular weight is 361 g/mol. The second kappa shape index (κ2) is 7.64. The van der Waals surface area contributed by atoms with E-state index in [4.69, 9.17) is 9.15 Å². The molecular weight excluding hydrogens is 348 g/mol. The highest BCUT2D eigenvalue weighted by atomic mass is 19.3. The van der Waals surface area contributed by atoms with Crippen molar-refractivity contribution < 1.29 is 22.7 Å². The number of halogens is 2. The Morgan fingerprint density at radius 2 is 2.12 bits per heavy atom. The molecule has 0 atom stereocenters. The molecule has 1 N–H and O–H groups in total. The van der Waals surface area contributed by atoms with E-state index < -0.39 is 12.3 Å². The first kappa shape index (κ1) is 17.4. The van der Waals surface area contributed by atoms with Crippen molar-refractivity contribution in [3.05, 3.63) is 53.9 Å². The highest BCUT2D eigenvalue weighted by Crippen LogP contribution is 2.23. The van der Waals surface area contributed by atoms with Crippen LogP contribution in [0, 0.1) is 0 Å². The number of rotatable bonds is 6. The van der Waals surface area contributed by atoms with E-state index in [0.717, 1.165) is 0 Å². The van der Waals surface area contributed by atoms with E-state index in [9.17, 15) is 13.6 Å². The molecule has 0 fully saturated rings. The van der Waals surface area contributed by atoms with Gasteiger partial charge in [-0.3, -0.25) is 14.8 Å². The van der Waals surface area contributed by atoms with Crippen LogP contribution in [0.2, 0.25) is 0 Å². The van der Waals surface area contributed by atoms with Crippen LogP contribution in [-0.4, -0.2) is 33.1 Å². The Kier molecular flexibility index (Phi) is 5.11. The van der Waals surface area contributed by atoms with Gasteiger partial charge in [0.2, 0.25) is 5.89 Å². The molecule has 26 heavy (non-hydrogen) atoms. The van der Waals surface area contributed by atoms with Crippen LogP contribution in [0.25, 0.3) is 11.5 Å². The van der Waals surface area contributed by atoms with Crippen molar-refractivity contribution in [2.45, 2.75) is 13.0 Å². The molecule has 0 saturated carbocycles. The van der Waals surface area contributed by atoms with Gasteiger partial charge in [-0.1, -0.05) is 0 Å². The summed E-state index contributed by atoms with van der Waals surface area (Å²) in [5.41, 5.74) is 1.24. The maximum Gasteiger partial charge on any atom is 0.314 e. The first-order chi connectivity index (χ1) is 12.6. The summed E-state index contributed by atoms with van der Waals surface area (Å²) in [7, 11) is 1.51. The Hall–Kier alpha value is -3.43. The molecule has 0 radical (unpaired) electrons. The van der Waals surface area contributed by atoms with Gasteiger partial charge in [0.25, 0.3) is 11.8 Å². The first-order valence-corrected chi connectivity index (χ1v) is 7.44. The van der Waals surface area contributed by atoms with Gasteiger partial charge in [0.15, 0.2) is 0 Å². The molecule has 3 aromatic rings. The van der Waals surface area contributed by atoms with Crippen LogP contribution in [-0.2, 0) is 6.61 Å². The summed E-state index contributed by atoms with van der Waals surface area (Å²) in [6.45, 7) is 0.142. The van der Waals surface area contributed by atoms with E-state index in [1.807, 2.05) is 0 Å². The van der Waals surface area contributed by atoms with E-state index in [1.165, 1.54) is 25.5 Å². The summed E-state index contributed by atoms with van der Waals surface area (Å²) in [5, 5.41) is 9.29. The van der Waals surface area contributed by atoms with Crippen LogP contribution >= 0.6 is 0 Å². The number of ether oxygens (including phenoxy) is 1. The third-order valence-electron chi connectivity index (χ3n) is 3.28. The molecule has 0 bridgehead atoms. The van der Waals surface area contributed by atoms with Crippen LogP contribution in [0.15, 0.2) is 41.1 Å². The van der Waals surface area contributed by atoms with Gasteiger partial charge in [-0.2, -0.15) is 8.78 Å². The van der Waals surface area contributed by atoms with Gasteiger partial charge in [-0.05, 0) is 18.2 Å². The zero-order chi connectivity index (χ0) is 18.5. The number of pyridine rings is 2. The normalized spacial score (nSPS) is 10.8. The monoisotopic (exact) mass is 361 g/mol. The number of amides is 1. The molecule has 0 aliphatic carbocycles. The summed E-state index contributed by atoms with van der Waals surface area (Å²) in [5.74, 6) is -0.634. The zero-order valence-electron chi connectivity index (χ0n) is 13.5. The molecule has 3 heterocycles. The predicted molar refractivity (Wildman–Crippen MR) is 84.4 cm³/mol. The SMILES string of the molecule is CNC(=O)c1cc(OCc2ccc(-c3nnc(C(F)F)o3)cn2)ccn1. The molecular formula is C16H13F2N5O3. The van der Waals surface area contributed by atoms with Crippen molar-refractivity contribution in [2.24, 2.45) is 0 Å². The summed E-state index contributed by atoms with van der Waals surface area (Å²) in [4.78, 5) is 19.7. The molecule has 10 heteroatoms. The maximum atomic E-state index is 12.5. The highest BCUT2D eigenvalue weighted by Gasteiger charge is 2.17. The van der Waals surface area contributed by atoms with Crippen molar-refractivity contribution in [3.8, 4) is 17.2 Å². The van der Waals surface area contributed by atoms with Crippen LogP contribution in [0.5, 0.6) is 5.75 Å². The summed E-state index contributed by atoms with van der Waals surface area (Å²) < 4.78 is 35.4. The Bertz CT molecular complexity index is 899. The molecule has 8 nitrogen and oxygen atoms in total. The molecule has 1 amide bonds. The minimum atomic E-state index is -2.82. The van der Waals surface area contributed by atoms with Gasteiger partial charge >= 0.3 is 6.43 Å². The molecule has 3 aromatic heterocycles. The quantitative estimate of drug-likeness (QED) is 0.719. The molecule has 0 unspecified atom stereocenters. The molecule has 0 saturated heterocycles. The van der Waals surface area contributed by atoms with E-state index >= 15 is 0 Å². The summed E-state index contributed by atoms with van der Waals surface area (Å²) >= 11 is 0. The molecule has 134 valence electrons. The van der Waals surface area contributed by atoms with Crippen LogP contribution in [0.3, 0.4) is 0 Å². The lowest BCUT2D eigenvalue weighted by atomic mass is 10.2. The average Bonchev–Trinajstić information content (AvgIpc) is 3.17. The predicted octanol–water partition coefficient (Wildman–Crippen LogP) is 2.40. The van der Waals surface area contributed by atoms with E-state index in [0.29, 0.717) is 17.0 Å². The number of nitrogens with zero attached hydrogens (tertiary/aromatic N) is 4. The van der Waals surface area contributed by atoms with Gasteiger partial charge < -0.3 is 14.5 Å². The van der Waals surface area contributed by atoms with Crippen molar-refractivity contribution in [1.29, 1.82) is 0 Å². The first-order valence-electron chi connectivity index (χ1n) is 7.44. The minimum absolute atomic E-state index is 0.0374. The number of hydrogen-bond donors (Lipinski definition) is 1. The molecule has 0 aromatic carbocycles. The van der Waals surface area contributed by atoms with E-state index in [2.05, 4.69) is 25.5 Å². The van der Waals surface area contributed by atoms with Gasteiger partial charge in [-0.25, -0.2) is 0 Å². The zero-order valence-corrected chi connectivity index (χ0v) is 13.5. The number of aromatic nitrogens is 4. The van der Waals surface area contributed by atoms with Crippen molar-refractivity contribution in [2.75, 3.05) is 7.05 Å². The van der Waals surface area contributed by atoms with Crippen molar-refractivity contribution in [3.63, 3.8) is 0 Å². The lowest BCUT2D eigenvalue weighted by Crippen LogP contribution is -2.19. The maximum absolute atomic E-state index is 12.5. The van der Waals surface area contributed by atoms with E-state index in [1.54, 1.807) is 18.2 Å². The lowest BCUT2D eigenvalue weighted by molar-refractivity contribution is 0.0957. The smallest absolute Gasteiger partial charge is 0.314 e. The highest BCUT2D eigenvalue weighted by molar-refractivity contribution is 5.92. The second-order valence-electron chi connectivity index (χ2n) is 5.03. The van der Waals surface area contributed by atoms with E-state index in [-0.39, 0.29) is 24.1 Å². The number of carbonyl (C=O) groups is 1. The fourth-order valence-electron chi connectivity index (χ4n) is 1.99. The molecule has 0 aliphatic rings. The van der Waals surface area contributed by atoms with Gasteiger partial charge in [0, 0.05) is 25.5 Å². The Morgan fingerprint density at radius 1 is 1.27 bits per heavy atom. The van der Waals surface area contributed by atoms with Crippen LogP contribution in [0.4, 0.5) is 8.78 Å². The Morgan fingerprint density at radius 3 is 2.77 bits per heavy atom. The fraction of sp³-hybridized carbons (Fsp3) is 0.188. The van der Waals surface area contributed by atoms with Crippen LogP contribution in [0.1, 0.15) is 28.5 Å². The number of hydrogen-bond acceptors (Lipinski definition) is 7. The Labute approximate surface area is 146 Å². The van der Waals surface area contributed by atoms with Crippen molar-refractivity contribution in [1.82, 2.24) is 25.5 Å². The standard InChI is InChI=1S/C16H13F2N5O3/c1-19-14(24)12-6-11(4-5-20-12)25-8-10-3-2-9(7-21-10)15-22-23-16(26-15)13(17)18/h2-7,13H,8H2,1H3,(H,19,24). The molecule has 0 spiro atoms. The van der Waals surface area contributed by atoms with Gasteiger partial charge in [-0.15, -0.1) is 10.2 Å². The largest absolute Gasteiger partial charge is 0.487 e. The Balaban J connectivity index is 1.65. The third kappa shape index (κ3) is 3.97. The fourth-order valence-corrected chi connectivity index (χ4v) is 1.99. The molecule has 3 rings (SSSR count). The number of alkyl halides is 2. The third-order valence-corrected chi connectivity index (χ3v) is 3.28. The number of carbonyl (C=O) groups excluding carboxylic acids is 1. The summed E-state index contributed by atoms with van der Waals surface area (Å²) in [6.07, 6.45) is 0.0632. The summed E-state index contributed by atoms with van der Waals surface area (Å²) in [6, 6.07) is 6.38. The topological polar surface area (TPSA) is 103 Å². The van der Waals surface area contributed by atoms with Crippen molar-refractivity contribution >= 4 is 5.91 Å². The van der Waals surface area contributed by atoms with Gasteiger partial charge in [0.1, 0.15) is 18.1 Å². The van der Waals surface area contributed by atoms with Crippen LogP contribution < -0.4 is 10.1 Å². The molecule has 0 aliphatic heterocycles. The van der Waals surface area contributed by atoms with Gasteiger partial charge in [0.05, 0.1) is 11.3 Å².